The number of fused-ring (bicyclic) bond motifs is 3. The number of aryl methyl sites for hydroxylation is 4. The van der Waals surface area contributed by atoms with Gasteiger partial charge < -0.3 is 43.8 Å². The number of aliphatic hydroxyl groups excluding tert-OH is 1. The lowest BCUT2D eigenvalue weighted by Gasteiger charge is -2.62. The first-order valence-corrected chi connectivity index (χ1v) is 21.8. The third kappa shape index (κ3) is 6.10. The smallest absolute Gasteiger partial charge is 0.407 e. The minimum absolute atomic E-state index is 0.178. The van der Waals surface area contributed by atoms with Crippen molar-refractivity contribution in [1.29, 1.82) is 0 Å². The predicted molar refractivity (Wildman–Crippen MR) is 237 cm³/mol. The molecule has 2 saturated carbocycles. The summed E-state index contributed by atoms with van der Waals surface area (Å²) in [4.78, 5) is 37.3. The molecule has 0 radical (unpaired) electrons. The molecular formula is C51H55N3O9. The molecule has 10 atom stereocenters. The molecule has 4 aromatic rings. The number of hydrogen-bond acceptors (Lipinski definition) is 10. The van der Waals surface area contributed by atoms with Gasteiger partial charge in [0.15, 0.2) is 17.9 Å². The number of alkyl carbamates (subject to hydrolysis) is 1. The summed E-state index contributed by atoms with van der Waals surface area (Å²) in [6, 6.07) is 11.3. The number of Topliss-reactive ketones (excluding diaryl/α,β-unsaturated/α-hetero) is 1. The van der Waals surface area contributed by atoms with E-state index in [0.29, 0.717) is 37.1 Å². The van der Waals surface area contributed by atoms with Gasteiger partial charge >= 0.3 is 6.09 Å². The first-order valence-electron chi connectivity index (χ1n) is 21.8. The van der Waals surface area contributed by atoms with Crippen LogP contribution < -0.4 is 5.32 Å². The Bertz CT molecular complexity index is 2700. The van der Waals surface area contributed by atoms with Gasteiger partial charge in [-0.05, 0) is 88.1 Å². The average molecular weight is 854 g/mol. The van der Waals surface area contributed by atoms with Gasteiger partial charge in [0.2, 0.25) is 0 Å². The highest BCUT2D eigenvalue weighted by molar-refractivity contribution is 6.17. The molecule has 12 heteroatoms. The zero-order valence-electron chi connectivity index (χ0n) is 37.3. The number of benzene rings is 2. The number of pyridine rings is 1. The van der Waals surface area contributed by atoms with Gasteiger partial charge in [0.25, 0.3) is 0 Å². The van der Waals surface area contributed by atoms with Crippen LogP contribution in [0, 0.1) is 68.1 Å². The highest BCUT2D eigenvalue weighted by Gasteiger charge is 2.82. The number of allylic oxidation sites excluding steroid dienone is 3. The standard InChI is InChI=1S/C51H55N3O9/c1-10-15-35-39-37(16-13-11-12-14-20-49(39)46(54-47(57)59-9)50(27-48(35,49)7)60-22-23-61-50)63-45-42(58-8)44(56)51(32(6)62-45,38-30(4)24-29(3)25-31(38)5)43(55)41-40-33(19-21-52-41)34-26-28(2)17-18-36(34)53-40/h11-12,15,17-19,21,24-26,32,37,39,42,44-46,53,56H,10,22-23,27H2,1-9H3,(H,54,57)/b12-11-,35-15+/t32?,37-,39?,42?,44?,45?,46?,48+,49?,51?/m0/s1. The van der Waals surface area contributed by atoms with Gasteiger partial charge in [-0.3, -0.25) is 9.78 Å². The van der Waals surface area contributed by atoms with Crippen LogP contribution in [0.15, 0.2) is 66.4 Å². The van der Waals surface area contributed by atoms with E-state index in [1.165, 1.54) is 14.2 Å². The fourth-order valence-corrected chi connectivity index (χ4v) is 12.2. The zero-order chi connectivity index (χ0) is 44.6. The SMILES string of the molecule is CC/C=C1\C2[C@@H](OC3OC(C)C(C(=O)c4nccc5c4[nH]c4ccc(C)cc45)(c4c(C)cc(C)cc4C)C(O)C3OC)C#C/C=C\C#CC23C(NC(=O)OC)C2(C[C@]13C)OCCO2. The maximum absolute atomic E-state index is 15.9. The van der Waals surface area contributed by atoms with E-state index in [9.17, 15) is 9.90 Å². The van der Waals surface area contributed by atoms with Crippen molar-refractivity contribution in [3.05, 3.63) is 99.9 Å². The van der Waals surface area contributed by atoms with Crippen molar-refractivity contribution in [1.82, 2.24) is 15.3 Å². The van der Waals surface area contributed by atoms with Crippen LogP contribution in [0.25, 0.3) is 21.8 Å². The molecule has 0 bridgehead atoms. The first kappa shape index (κ1) is 43.0. The second-order valence-corrected chi connectivity index (χ2v) is 18.0. The molecule has 8 unspecified atom stereocenters. The molecule has 2 aliphatic heterocycles. The Labute approximate surface area is 368 Å². The second-order valence-electron chi connectivity index (χ2n) is 18.0. The van der Waals surface area contributed by atoms with Gasteiger partial charge in [-0.1, -0.05) is 78.5 Å². The number of aromatic amines is 1. The molecular weight excluding hydrogens is 799 g/mol. The van der Waals surface area contributed by atoms with Crippen molar-refractivity contribution in [2.75, 3.05) is 27.4 Å². The molecule has 328 valence electrons. The number of carbonyl (C=O) groups excluding carboxylic acids is 2. The number of hydrogen-bond donors (Lipinski definition) is 3. The maximum Gasteiger partial charge on any atom is 0.407 e. The lowest BCUT2D eigenvalue weighted by molar-refractivity contribution is -0.302. The summed E-state index contributed by atoms with van der Waals surface area (Å²) in [7, 11) is 2.80. The largest absolute Gasteiger partial charge is 0.453 e. The Balaban J connectivity index is 1.17. The normalized spacial score (nSPS) is 33.8. The number of ketones is 1. The van der Waals surface area contributed by atoms with Crippen LogP contribution in [0.4, 0.5) is 4.79 Å². The van der Waals surface area contributed by atoms with Crippen molar-refractivity contribution < 1.29 is 43.1 Å². The third-order valence-electron chi connectivity index (χ3n) is 14.5. The number of aromatic nitrogens is 2. The van der Waals surface area contributed by atoms with Crippen LogP contribution in [0.1, 0.15) is 71.9 Å². The number of nitrogens with zero attached hydrogens (tertiary/aromatic N) is 1. The summed E-state index contributed by atoms with van der Waals surface area (Å²) in [5.41, 5.74) is 3.63. The summed E-state index contributed by atoms with van der Waals surface area (Å²) in [5.74, 6) is 11.1. The molecule has 9 rings (SSSR count). The fourth-order valence-electron chi connectivity index (χ4n) is 12.2. The number of amides is 1. The Morgan fingerprint density at radius 2 is 1.75 bits per heavy atom. The zero-order valence-corrected chi connectivity index (χ0v) is 37.3. The van der Waals surface area contributed by atoms with E-state index in [2.05, 4.69) is 60.0 Å². The van der Waals surface area contributed by atoms with Gasteiger partial charge in [-0.15, -0.1) is 0 Å². The summed E-state index contributed by atoms with van der Waals surface area (Å²) in [6.45, 7) is 14.6. The molecule has 2 saturated heterocycles. The molecule has 2 aromatic heterocycles. The highest BCUT2D eigenvalue weighted by Crippen LogP contribution is 2.76. The topological polar surface area (TPSA) is 150 Å². The predicted octanol–water partition coefficient (Wildman–Crippen LogP) is 6.98. The lowest BCUT2D eigenvalue weighted by Crippen LogP contribution is -2.70. The van der Waals surface area contributed by atoms with Gasteiger partial charge in [0.1, 0.15) is 35.5 Å². The maximum atomic E-state index is 15.9. The van der Waals surface area contributed by atoms with E-state index in [0.717, 1.165) is 44.1 Å². The molecule has 2 aromatic carbocycles. The van der Waals surface area contributed by atoms with E-state index < -0.39 is 76.6 Å². The van der Waals surface area contributed by atoms with Gasteiger partial charge in [-0.25, -0.2) is 4.79 Å². The van der Waals surface area contributed by atoms with Crippen molar-refractivity contribution in [2.45, 2.75) is 109 Å². The van der Waals surface area contributed by atoms with E-state index >= 15 is 4.79 Å². The van der Waals surface area contributed by atoms with E-state index in [-0.39, 0.29) is 5.69 Å². The highest BCUT2D eigenvalue weighted by atomic mass is 16.7. The minimum Gasteiger partial charge on any atom is -0.453 e. The van der Waals surface area contributed by atoms with Crippen molar-refractivity contribution in [3.63, 3.8) is 0 Å². The Kier molecular flexibility index (Phi) is 10.7. The van der Waals surface area contributed by atoms with E-state index in [4.69, 9.17) is 33.4 Å². The average Bonchev–Trinajstić information content (AvgIpc) is 3.93. The molecule has 3 N–H and O–H groups in total. The quantitative estimate of drug-likeness (QED) is 0.0963. The molecule has 4 fully saturated rings. The summed E-state index contributed by atoms with van der Waals surface area (Å²) < 4.78 is 38.3. The Morgan fingerprint density at radius 1 is 1.02 bits per heavy atom. The summed E-state index contributed by atoms with van der Waals surface area (Å²) in [6.07, 6.45) is 1.82. The first-order chi connectivity index (χ1) is 30.2. The number of methoxy groups -OCH3 is 2. The molecule has 12 nitrogen and oxygen atoms in total. The van der Waals surface area contributed by atoms with Crippen LogP contribution in [0.2, 0.25) is 0 Å². The molecule has 4 heterocycles. The van der Waals surface area contributed by atoms with Crippen LogP contribution >= 0.6 is 0 Å². The number of ether oxygens (including phenoxy) is 6. The molecule has 2 spiro atoms. The summed E-state index contributed by atoms with van der Waals surface area (Å²) >= 11 is 0. The Hall–Kier alpha value is -5.31. The van der Waals surface area contributed by atoms with Gasteiger partial charge in [0, 0.05) is 47.3 Å². The van der Waals surface area contributed by atoms with E-state index in [1.54, 1.807) is 25.3 Å². The van der Waals surface area contributed by atoms with Crippen molar-refractivity contribution >= 4 is 33.7 Å². The fraction of sp³-hybridized carbons (Fsp3) is 0.471. The van der Waals surface area contributed by atoms with Crippen LogP contribution in [-0.4, -0.2) is 96.9 Å². The number of carbonyl (C=O) groups is 2. The summed E-state index contributed by atoms with van der Waals surface area (Å²) in [5, 5.41) is 18.1. The third-order valence-corrected chi connectivity index (χ3v) is 14.5. The second kappa shape index (κ2) is 15.7. The van der Waals surface area contributed by atoms with Crippen molar-refractivity contribution in [2.24, 2.45) is 16.7 Å². The molecule has 63 heavy (non-hydrogen) atoms. The number of aliphatic hydroxyl groups is 1. The van der Waals surface area contributed by atoms with Crippen molar-refractivity contribution in [3.8, 4) is 23.7 Å². The van der Waals surface area contributed by atoms with Gasteiger partial charge in [0.05, 0.1) is 37.4 Å². The van der Waals surface area contributed by atoms with Crippen LogP contribution in [0.5, 0.6) is 0 Å². The number of H-pyrrole nitrogens is 1. The number of nitrogens with one attached hydrogen (secondary N) is 2. The van der Waals surface area contributed by atoms with E-state index in [1.807, 2.05) is 58.0 Å². The van der Waals surface area contributed by atoms with Gasteiger partial charge in [-0.2, -0.15) is 0 Å². The monoisotopic (exact) mass is 853 g/mol. The molecule has 3 aliphatic carbocycles. The Morgan fingerprint density at radius 3 is 2.44 bits per heavy atom. The molecule has 1 amide bonds. The molecule has 5 aliphatic rings. The number of rotatable bonds is 8. The van der Waals surface area contributed by atoms with Crippen LogP contribution in [-0.2, 0) is 33.8 Å². The lowest BCUT2D eigenvalue weighted by atomic mass is 9.41. The minimum atomic E-state index is -1.72. The van der Waals surface area contributed by atoms with Crippen LogP contribution in [0.3, 0.4) is 0 Å².